The van der Waals surface area contributed by atoms with E-state index in [0.29, 0.717) is 25.1 Å². The van der Waals surface area contributed by atoms with Crippen LogP contribution in [0.3, 0.4) is 0 Å². The molecule has 0 N–H and O–H groups in total. The number of nitrogens with zero attached hydrogens (tertiary/aromatic N) is 2. The van der Waals surface area contributed by atoms with Gasteiger partial charge in [-0.15, -0.1) is 0 Å². The molecule has 34 heavy (non-hydrogen) atoms. The van der Waals surface area contributed by atoms with Gasteiger partial charge in [-0.2, -0.15) is 3.71 Å². The van der Waals surface area contributed by atoms with Gasteiger partial charge in [-0.1, -0.05) is 56.1 Å². The van der Waals surface area contributed by atoms with E-state index in [1.165, 1.54) is 24.3 Å². The maximum absolute atomic E-state index is 14.0. The standard InChI is InChI=1S/C24H24Br2N2O4S2/c1-27(2)20-12-13-23-17(14-20)6-3-11-24(23)28(33(29,30)21-9-4-7-18(25)15-21)34(31,32)22-10-5-8-19(26)16-22/h3-11,15-16,20H,12-14H2,1-2H3. The number of rotatable bonds is 6. The van der Waals surface area contributed by atoms with Gasteiger partial charge in [0.2, 0.25) is 0 Å². The first-order chi connectivity index (χ1) is 16.0. The molecule has 3 aromatic carbocycles. The summed E-state index contributed by atoms with van der Waals surface area (Å²) >= 11 is 6.60. The molecule has 4 rings (SSSR count). The van der Waals surface area contributed by atoms with Gasteiger partial charge >= 0.3 is 0 Å². The summed E-state index contributed by atoms with van der Waals surface area (Å²) in [7, 11) is -4.91. The van der Waals surface area contributed by atoms with Crippen LogP contribution >= 0.6 is 31.9 Å². The maximum atomic E-state index is 14.0. The van der Waals surface area contributed by atoms with Crippen molar-refractivity contribution in [1.82, 2.24) is 4.90 Å². The van der Waals surface area contributed by atoms with Crippen molar-refractivity contribution in [3.8, 4) is 0 Å². The number of likely N-dealkylation sites (N-methyl/N-ethyl adjacent to an activating group) is 1. The largest absolute Gasteiger partial charge is 0.306 e. The fraction of sp³-hybridized carbons (Fsp3) is 0.250. The highest BCUT2D eigenvalue weighted by Crippen LogP contribution is 2.38. The first-order valence-corrected chi connectivity index (χ1v) is 15.1. The molecule has 6 nitrogen and oxygen atoms in total. The van der Waals surface area contributed by atoms with Gasteiger partial charge in [0.05, 0.1) is 15.5 Å². The molecule has 0 heterocycles. The molecule has 10 heteroatoms. The number of hydrogen-bond donors (Lipinski definition) is 0. The Kier molecular flexibility index (Phi) is 7.26. The van der Waals surface area contributed by atoms with E-state index in [1.807, 2.05) is 20.2 Å². The fourth-order valence-corrected chi connectivity index (χ4v) is 9.16. The molecule has 0 amide bonds. The van der Waals surface area contributed by atoms with E-state index in [4.69, 9.17) is 0 Å². The molecule has 1 unspecified atom stereocenters. The Morgan fingerprint density at radius 2 is 1.32 bits per heavy atom. The quantitative estimate of drug-likeness (QED) is 0.375. The summed E-state index contributed by atoms with van der Waals surface area (Å²) < 4.78 is 57.5. The highest BCUT2D eigenvalue weighted by atomic mass is 79.9. The Labute approximate surface area is 218 Å². The molecule has 0 saturated heterocycles. The Balaban J connectivity index is 1.97. The van der Waals surface area contributed by atoms with E-state index < -0.39 is 20.0 Å². The smallest absolute Gasteiger partial charge is 0.277 e. The molecule has 1 atom stereocenters. The number of anilines is 1. The van der Waals surface area contributed by atoms with Crippen LogP contribution in [0.15, 0.2) is 85.5 Å². The summed E-state index contributed by atoms with van der Waals surface area (Å²) in [5.41, 5.74) is 1.88. The van der Waals surface area contributed by atoms with Crippen molar-refractivity contribution in [2.45, 2.75) is 35.1 Å². The minimum atomic E-state index is -4.47. The van der Waals surface area contributed by atoms with Crippen LogP contribution in [0.25, 0.3) is 0 Å². The lowest BCUT2D eigenvalue weighted by atomic mass is 9.87. The van der Waals surface area contributed by atoms with Crippen molar-refractivity contribution < 1.29 is 16.8 Å². The predicted molar refractivity (Wildman–Crippen MR) is 141 cm³/mol. The highest BCUT2D eigenvalue weighted by molar-refractivity contribution is 9.10. The number of hydrogen-bond acceptors (Lipinski definition) is 5. The molecule has 0 spiro atoms. The van der Waals surface area contributed by atoms with Gasteiger partial charge in [0.1, 0.15) is 0 Å². The van der Waals surface area contributed by atoms with Gasteiger partial charge in [-0.05, 0) is 86.9 Å². The van der Waals surface area contributed by atoms with Gasteiger partial charge in [-0.3, -0.25) is 0 Å². The summed E-state index contributed by atoms with van der Waals surface area (Å²) in [5, 5.41) is 0. The second-order valence-electron chi connectivity index (χ2n) is 8.40. The molecule has 0 radical (unpaired) electrons. The molecule has 0 aliphatic heterocycles. The number of sulfonamides is 2. The van der Waals surface area contributed by atoms with Crippen LogP contribution in [-0.4, -0.2) is 41.9 Å². The van der Waals surface area contributed by atoms with Crippen molar-refractivity contribution in [3.05, 3.63) is 86.8 Å². The van der Waals surface area contributed by atoms with Crippen LogP contribution in [0.1, 0.15) is 17.5 Å². The van der Waals surface area contributed by atoms with Gasteiger partial charge in [0.15, 0.2) is 0 Å². The van der Waals surface area contributed by atoms with Crippen molar-refractivity contribution in [2.75, 3.05) is 17.8 Å². The van der Waals surface area contributed by atoms with Gasteiger partial charge in [-0.25, -0.2) is 16.8 Å². The molecule has 0 bridgehead atoms. The highest BCUT2D eigenvalue weighted by Gasteiger charge is 2.39. The average Bonchev–Trinajstić information content (AvgIpc) is 2.78. The van der Waals surface area contributed by atoms with E-state index in [-0.39, 0.29) is 15.5 Å². The lowest BCUT2D eigenvalue weighted by Crippen LogP contribution is -2.39. The van der Waals surface area contributed by atoms with Crippen LogP contribution < -0.4 is 3.71 Å². The Morgan fingerprint density at radius 3 is 1.82 bits per heavy atom. The third-order valence-electron chi connectivity index (χ3n) is 5.98. The Bertz CT molecular complexity index is 1370. The number of benzene rings is 3. The second kappa shape index (κ2) is 9.73. The minimum absolute atomic E-state index is 0.111. The summed E-state index contributed by atoms with van der Waals surface area (Å²) in [4.78, 5) is 1.92. The van der Waals surface area contributed by atoms with Crippen molar-refractivity contribution in [3.63, 3.8) is 0 Å². The average molecular weight is 628 g/mol. The van der Waals surface area contributed by atoms with E-state index >= 15 is 0 Å². The second-order valence-corrected chi connectivity index (χ2v) is 14.0. The van der Waals surface area contributed by atoms with E-state index in [9.17, 15) is 16.8 Å². The lowest BCUT2D eigenvalue weighted by Gasteiger charge is -2.33. The van der Waals surface area contributed by atoms with Crippen LogP contribution in [0.4, 0.5) is 5.69 Å². The van der Waals surface area contributed by atoms with Gasteiger partial charge in [0.25, 0.3) is 20.0 Å². The summed E-state index contributed by atoms with van der Waals surface area (Å²) in [6.45, 7) is 0. The first kappa shape index (κ1) is 25.4. The molecule has 0 saturated carbocycles. The maximum Gasteiger partial charge on any atom is 0.277 e. The third-order valence-corrected chi connectivity index (χ3v) is 11.1. The molecule has 1 aliphatic carbocycles. The molecule has 3 aromatic rings. The predicted octanol–water partition coefficient (Wildman–Crippen LogP) is 5.21. The molecule has 0 fully saturated rings. The van der Waals surface area contributed by atoms with Crippen LogP contribution in [0.5, 0.6) is 0 Å². The third kappa shape index (κ3) is 4.83. The molecular weight excluding hydrogens is 604 g/mol. The zero-order valence-electron chi connectivity index (χ0n) is 18.6. The fourth-order valence-electron chi connectivity index (χ4n) is 4.21. The lowest BCUT2D eigenvalue weighted by molar-refractivity contribution is 0.268. The van der Waals surface area contributed by atoms with Crippen molar-refractivity contribution in [1.29, 1.82) is 0 Å². The summed E-state index contributed by atoms with van der Waals surface area (Å²) in [6, 6.07) is 17.7. The molecule has 180 valence electrons. The van der Waals surface area contributed by atoms with Gasteiger partial charge < -0.3 is 4.90 Å². The summed E-state index contributed by atoms with van der Waals surface area (Å²) in [6.07, 6.45) is 2.10. The van der Waals surface area contributed by atoms with Crippen LogP contribution in [0, 0.1) is 0 Å². The Morgan fingerprint density at radius 1 is 0.794 bits per heavy atom. The zero-order valence-corrected chi connectivity index (χ0v) is 23.5. The Hall–Kier alpha value is -1.72. The molecule has 1 aliphatic rings. The number of fused-ring (bicyclic) bond motifs is 1. The van der Waals surface area contributed by atoms with Crippen molar-refractivity contribution in [2.24, 2.45) is 0 Å². The zero-order chi connectivity index (χ0) is 24.7. The minimum Gasteiger partial charge on any atom is -0.306 e. The summed E-state index contributed by atoms with van der Waals surface area (Å²) in [5.74, 6) is 0. The van der Waals surface area contributed by atoms with Gasteiger partial charge in [0, 0.05) is 15.0 Å². The van der Waals surface area contributed by atoms with Crippen LogP contribution in [0.2, 0.25) is 0 Å². The topological polar surface area (TPSA) is 74.8 Å². The van der Waals surface area contributed by atoms with E-state index in [2.05, 4.69) is 36.8 Å². The van der Waals surface area contributed by atoms with Crippen molar-refractivity contribution >= 4 is 57.6 Å². The molecular formula is C24H24Br2N2O4S2. The SMILES string of the molecule is CN(C)C1CCc2c(cccc2N(S(=O)(=O)c2cccc(Br)c2)S(=O)(=O)c2cccc(Br)c2)C1. The first-order valence-electron chi connectivity index (χ1n) is 10.6. The van der Waals surface area contributed by atoms with E-state index in [1.54, 1.807) is 36.4 Å². The van der Waals surface area contributed by atoms with Crippen LogP contribution in [-0.2, 0) is 32.9 Å². The normalized spacial score (nSPS) is 16.3. The number of halogens is 2. The van der Waals surface area contributed by atoms with E-state index in [0.717, 1.165) is 24.0 Å². The monoisotopic (exact) mass is 626 g/mol. The molecule has 0 aromatic heterocycles.